The molecule has 4 aromatic rings. The number of carbonyl (C=O) groups excluding carboxylic acids is 2. The number of rotatable bonds is 10. The van der Waals surface area contributed by atoms with E-state index in [4.69, 9.17) is 32.7 Å². The molecule has 0 fully saturated rings. The zero-order valence-electron chi connectivity index (χ0n) is 21.5. The molecule has 0 aliphatic rings. The number of nitrogens with zero attached hydrogens (tertiary/aromatic N) is 1. The molecule has 0 aliphatic carbocycles. The van der Waals surface area contributed by atoms with Gasteiger partial charge in [-0.3, -0.25) is 9.52 Å². The Morgan fingerprint density at radius 3 is 2.07 bits per heavy atom. The van der Waals surface area contributed by atoms with Crippen molar-refractivity contribution in [3.63, 3.8) is 0 Å². The molecule has 9 nitrogen and oxygen atoms in total. The molecule has 0 bridgehead atoms. The molecule has 0 spiro atoms. The second-order valence-electron chi connectivity index (χ2n) is 8.37. The van der Waals surface area contributed by atoms with Crippen LogP contribution in [0.3, 0.4) is 0 Å². The quantitative estimate of drug-likeness (QED) is 0.0955. The van der Waals surface area contributed by atoms with Gasteiger partial charge in [0.05, 0.1) is 23.3 Å². The van der Waals surface area contributed by atoms with Crippen LogP contribution in [0.5, 0.6) is 11.5 Å². The van der Waals surface area contributed by atoms with Crippen LogP contribution in [0, 0.1) is 0 Å². The zero-order valence-corrected chi connectivity index (χ0v) is 23.8. The molecule has 4 aromatic carbocycles. The summed E-state index contributed by atoms with van der Waals surface area (Å²) < 4.78 is 38.6. The van der Waals surface area contributed by atoms with Gasteiger partial charge in [0.25, 0.3) is 15.9 Å². The fourth-order valence-electron chi connectivity index (χ4n) is 3.45. The summed E-state index contributed by atoms with van der Waals surface area (Å²) in [5.41, 5.74) is 3.86. The van der Waals surface area contributed by atoms with E-state index in [2.05, 4.69) is 15.2 Å². The third-order valence-corrected chi connectivity index (χ3v) is 7.35. The van der Waals surface area contributed by atoms with E-state index in [0.29, 0.717) is 33.5 Å². The highest BCUT2D eigenvalue weighted by molar-refractivity contribution is 7.92. The van der Waals surface area contributed by atoms with Crippen molar-refractivity contribution in [1.29, 1.82) is 0 Å². The molecule has 0 heterocycles. The monoisotopic (exact) mass is 611 g/mol. The molecule has 0 atom stereocenters. The molecule has 12 heteroatoms. The van der Waals surface area contributed by atoms with Crippen LogP contribution < -0.4 is 19.6 Å². The Hall–Kier alpha value is -4.38. The van der Waals surface area contributed by atoms with Crippen LogP contribution >= 0.6 is 23.2 Å². The maximum Gasteiger partial charge on any atom is 0.343 e. The summed E-state index contributed by atoms with van der Waals surface area (Å²) in [5.74, 6) is -0.534. The average Bonchev–Trinajstić information content (AvgIpc) is 2.95. The van der Waals surface area contributed by atoms with Gasteiger partial charge in [-0.05, 0) is 103 Å². The minimum atomic E-state index is -3.82. The van der Waals surface area contributed by atoms with Gasteiger partial charge in [0.15, 0.2) is 11.5 Å². The van der Waals surface area contributed by atoms with Gasteiger partial charge < -0.3 is 9.47 Å². The van der Waals surface area contributed by atoms with Crippen molar-refractivity contribution in [3.05, 3.63) is 118 Å². The first-order valence-electron chi connectivity index (χ1n) is 12.1. The first-order valence-corrected chi connectivity index (χ1v) is 14.3. The number of sulfonamides is 1. The van der Waals surface area contributed by atoms with Crippen molar-refractivity contribution in [2.75, 3.05) is 11.3 Å². The number of carbonyl (C=O) groups is 2. The number of hydrogen-bond acceptors (Lipinski definition) is 7. The minimum absolute atomic E-state index is 0.0540. The first kappa shape index (κ1) is 29.6. The number of esters is 1. The molecule has 0 saturated heterocycles. The van der Waals surface area contributed by atoms with Crippen LogP contribution in [0.1, 0.15) is 33.2 Å². The van der Waals surface area contributed by atoms with Gasteiger partial charge in [-0.25, -0.2) is 18.6 Å². The Morgan fingerprint density at radius 1 is 0.829 bits per heavy atom. The largest absolute Gasteiger partial charge is 0.490 e. The molecule has 1 amide bonds. The highest BCUT2D eigenvalue weighted by Crippen LogP contribution is 2.29. The van der Waals surface area contributed by atoms with Gasteiger partial charge in [0.2, 0.25) is 0 Å². The van der Waals surface area contributed by atoms with Crippen molar-refractivity contribution >= 4 is 57.0 Å². The molecule has 0 aromatic heterocycles. The number of nitrogens with one attached hydrogen (secondary N) is 2. The van der Waals surface area contributed by atoms with E-state index in [1.54, 1.807) is 49.4 Å². The van der Waals surface area contributed by atoms with E-state index in [9.17, 15) is 18.0 Å². The normalized spacial score (nSPS) is 11.2. The van der Waals surface area contributed by atoms with Crippen LogP contribution in [0.2, 0.25) is 10.0 Å². The highest BCUT2D eigenvalue weighted by atomic mass is 35.5. The van der Waals surface area contributed by atoms with Gasteiger partial charge in [0, 0.05) is 21.3 Å². The summed E-state index contributed by atoms with van der Waals surface area (Å²) in [6.45, 7) is 2.12. The van der Waals surface area contributed by atoms with Gasteiger partial charge in [-0.15, -0.1) is 0 Å². The van der Waals surface area contributed by atoms with Crippen LogP contribution in [-0.2, 0) is 10.0 Å². The van der Waals surface area contributed by atoms with Gasteiger partial charge in [-0.1, -0.05) is 23.2 Å². The van der Waals surface area contributed by atoms with E-state index in [-0.39, 0.29) is 21.9 Å². The maximum atomic E-state index is 12.5. The van der Waals surface area contributed by atoms with Crippen LogP contribution in [0.25, 0.3) is 0 Å². The number of ether oxygens (including phenoxy) is 2. The standard InChI is InChI=1S/C29H23Cl2N3O6S/c1-2-39-27-17-19(3-16-26(27)40-29(36)21-4-8-22(30)9-5-21)18-32-33-28(35)20-6-12-24(13-7-20)34-41(37,38)25-14-10-23(31)11-15-25/h3-18,34H,2H2,1H3,(H,33,35)/b32-18-. The topological polar surface area (TPSA) is 123 Å². The lowest BCUT2D eigenvalue weighted by Gasteiger charge is -2.11. The van der Waals surface area contributed by atoms with E-state index in [1.165, 1.54) is 54.7 Å². The fraction of sp³-hybridized carbons (Fsp3) is 0.0690. The Labute approximate surface area is 246 Å². The Balaban J connectivity index is 1.37. The zero-order chi connectivity index (χ0) is 29.4. The number of hydrazone groups is 1. The molecular formula is C29H23Cl2N3O6S. The predicted octanol–water partition coefficient (Wildman–Crippen LogP) is 6.18. The van der Waals surface area contributed by atoms with Gasteiger partial charge in [0.1, 0.15) is 0 Å². The number of hydrogen-bond donors (Lipinski definition) is 2. The molecule has 2 N–H and O–H groups in total. The SMILES string of the molecule is CCOc1cc(/C=N\NC(=O)c2ccc(NS(=O)(=O)c3ccc(Cl)cc3)cc2)ccc1OC(=O)c1ccc(Cl)cc1. The van der Waals surface area contributed by atoms with Crippen LogP contribution in [-0.4, -0.2) is 33.1 Å². The third kappa shape index (κ3) is 8.07. The predicted molar refractivity (Wildman–Crippen MR) is 158 cm³/mol. The summed E-state index contributed by atoms with van der Waals surface area (Å²) in [7, 11) is -3.82. The minimum Gasteiger partial charge on any atom is -0.490 e. The lowest BCUT2D eigenvalue weighted by molar-refractivity contribution is 0.0728. The van der Waals surface area contributed by atoms with E-state index < -0.39 is 21.9 Å². The summed E-state index contributed by atoms with van der Waals surface area (Å²) in [5, 5.41) is 4.89. The lowest BCUT2D eigenvalue weighted by Crippen LogP contribution is -2.18. The maximum absolute atomic E-state index is 12.5. The first-order chi connectivity index (χ1) is 19.6. The molecule has 41 heavy (non-hydrogen) atoms. The molecule has 210 valence electrons. The Kier molecular flexibility index (Phi) is 9.61. The average molecular weight is 612 g/mol. The second-order valence-corrected chi connectivity index (χ2v) is 10.9. The molecule has 0 radical (unpaired) electrons. The molecule has 0 aliphatic heterocycles. The van der Waals surface area contributed by atoms with Crippen LogP contribution in [0.15, 0.2) is 101 Å². The van der Waals surface area contributed by atoms with Gasteiger partial charge >= 0.3 is 5.97 Å². The highest BCUT2D eigenvalue weighted by Gasteiger charge is 2.15. The van der Waals surface area contributed by atoms with Crippen molar-refractivity contribution in [1.82, 2.24) is 5.43 Å². The fourth-order valence-corrected chi connectivity index (χ4v) is 4.76. The third-order valence-electron chi connectivity index (χ3n) is 5.45. The molecular weight excluding hydrogens is 589 g/mol. The van der Waals surface area contributed by atoms with Crippen molar-refractivity contribution in [3.8, 4) is 11.5 Å². The summed E-state index contributed by atoms with van der Waals surface area (Å²) in [6.07, 6.45) is 1.40. The van der Waals surface area contributed by atoms with E-state index >= 15 is 0 Å². The summed E-state index contributed by atoms with van der Waals surface area (Å²) >= 11 is 11.7. The van der Waals surface area contributed by atoms with E-state index in [1.807, 2.05) is 0 Å². The Morgan fingerprint density at radius 2 is 1.44 bits per heavy atom. The lowest BCUT2D eigenvalue weighted by atomic mass is 10.2. The van der Waals surface area contributed by atoms with Crippen molar-refractivity contribution in [2.24, 2.45) is 5.10 Å². The Bertz CT molecular complexity index is 1680. The van der Waals surface area contributed by atoms with Crippen molar-refractivity contribution < 1.29 is 27.5 Å². The molecule has 0 saturated carbocycles. The van der Waals surface area contributed by atoms with Crippen molar-refractivity contribution in [2.45, 2.75) is 11.8 Å². The van der Waals surface area contributed by atoms with Crippen LogP contribution in [0.4, 0.5) is 5.69 Å². The summed E-state index contributed by atoms with van der Waals surface area (Å²) in [6, 6.07) is 22.7. The second kappa shape index (κ2) is 13.3. The number of anilines is 1. The van der Waals surface area contributed by atoms with E-state index in [0.717, 1.165) is 0 Å². The molecule has 0 unspecified atom stereocenters. The number of benzene rings is 4. The van der Waals surface area contributed by atoms with Gasteiger partial charge in [-0.2, -0.15) is 5.10 Å². The number of amides is 1. The molecule has 4 rings (SSSR count). The smallest absolute Gasteiger partial charge is 0.343 e. The summed E-state index contributed by atoms with van der Waals surface area (Å²) in [4.78, 5) is 25.1. The number of halogens is 2.